The first-order valence-corrected chi connectivity index (χ1v) is 7.29. The minimum atomic E-state index is 0. The molecule has 0 heterocycles. The lowest BCUT2D eigenvalue weighted by Crippen LogP contribution is -2.38. The zero-order valence-electron chi connectivity index (χ0n) is 14.3. The number of benzene rings is 1. The Hall–Kier alpha value is -1.02. The number of halogens is 1. The summed E-state index contributed by atoms with van der Waals surface area (Å²) in [5, 5.41) is 6.63. The van der Waals surface area contributed by atoms with Crippen LogP contribution in [0.4, 0.5) is 0 Å². The van der Waals surface area contributed by atoms with Crippen LogP contribution in [0.5, 0.6) is 5.75 Å². The summed E-state index contributed by atoms with van der Waals surface area (Å²) in [6, 6.07) is 6.22. The molecule has 0 aliphatic heterocycles. The summed E-state index contributed by atoms with van der Waals surface area (Å²) in [5.74, 6) is 1.72. The smallest absolute Gasteiger partial charge is 0.191 e. The molecule has 0 aliphatic carbocycles. The van der Waals surface area contributed by atoms with Gasteiger partial charge in [-0.25, -0.2) is 0 Å². The molecule has 126 valence electrons. The number of hydrogen-bond donors (Lipinski definition) is 2. The normalized spacial score (nSPS) is 11.1. The van der Waals surface area contributed by atoms with Gasteiger partial charge >= 0.3 is 0 Å². The molecule has 0 aromatic heterocycles. The van der Waals surface area contributed by atoms with Gasteiger partial charge in [-0.15, -0.1) is 24.0 Å². The van der Waals surface area contributed by atoms with Crippen LogP contribution in [0.3, 0.4) is 0 Å². The highest BCUT2D eigenvalue weighted by molar-refractivity contribution is 14.0. The first kappa shape index (κ1) is 21.0. The van der Waals surface area contributed by atoms with Gasteiger partial charge in [-0.1, -0.05) is 12.1 Å². The van der Waals surface area contributed by atoms with Crippen LogP contribution in [0.25, 0.3) is 0 Å². The maximum absolute atomic E-state index is 5.41. The monoisotopic (exact) mass is 420 g/mol. The molecule has 2 N–H and O–H groups in total. The van der Waals surface area contributed by atoms with E-state index in [1.165, 1.54) is 5.56 Å². The van der Waals surface area contributed by atoms with Gasteiger partial charge in [0.1, 0.15) is 5.75 Å². The van der Waals surface area contributed by atoms with Crippen LogP contribution < -0.4 is 15.4 Å². The fraction of sp³-hybridized carbons (Fsp3) is 0.562. The number of aliphatic imine (C=N–C) groups is 1. The third-order valence-corrected chi connectivity index (χ3v) is 3.19. The van der Waals surface area contributed by atoms with E-state index in [0.29, 0.717) is 6.54 Å². The van der Waals surface area contributed by atoms with Crippen LogP contribution in [0.1, 0.15) is 17.5 Å². The van der Waals surface area contributed by atoms with Gasteiger partial charge in [-0.05, 0) is 45.6 Å². The Bertz CT molecular complexity index is 463. The number of guanidine groups is 1. The predicted octanol–water partition coefficient (Wildman–Crippen LogP) is 2.24. The Morgan fingerprint density at radius 3 is 2.59 bits per heavy atom. The molecule has 0 radical (unpaired) electrons. The van der Waals surface area contributed by atoms with Crippen molar-refractivity contribution in [2.45, 2.75) is 19.9 Å². The minimum absolute atomic E-state index is 0. The van der Waals surface area contributed by atoms with Gasteiger partial charge in [-0.2, -0.15) is 0 Å². The molecule has 0 aliphatic rings. The molecule has 0 saturated heterocycles. The van der Waals surface area contributed by atoms with E-state index in [4.69, 9.17) is 4.74 Å². The number of ether oxygens (including phenoxy) is 1. The van der Waals surface area contributed by atoms with Gasteiger partial charge in [0.15, 0.2) is 5.96 Å². The first-order chi connectivity index (χ1) is 10.1. The Morgan fingerprint density at radius 1 is 1.27 bits per heavy atom. The third kappa shape index (κ3) is 7.84. The highest BCUT2D eigenvalue weighted by Crippen LogP contribution is 2.19. The Balaban J connectivity index is 0.00000441. The van der Waals surface area contributed by atoms with Crippen LogP contribution in [0.15, 0.2) is 23.2 Å². The summed E-state index contributed by atoms with van der Waals surface area (Å²) < 4.78 is 5.41. The first-order valence-electron chi connectivity index (χ1n) is 7.29. The number of hydrogen-bond acceptors (Lipinski definition) is 3. The van der Waals surface area contributed by atoms with E-state index < -0.39 is 0 Å². The highest BCUT2D eigenvalue weighted by Gasteiger charge is 2.04. The largest absolute Gasteiger partial charge is 0.496 e. The van der Waals surface area contributed by atoms with Crippen LogP contribution in [-0.2, 0) is 6.54 Å². The lowest BCUT2D eigenvalue weighted by molar-refractivity contribution is 0.399. The molecule has 0 saturated carbocycles. The average molecular weight is 420 g/mol. The summed E-state index contributed by atoms with van der Waals surface area (Å²) in [5.41, 5.74) is 2.32. The van der Waals surface area contributed by atoms with Gasteiger partial charge in [0, 0.05) is 25.7 Å². The van der Waals surface area contributed by atoms with Crippen molar-refractivity contribution in [1.29, 1.82) is 0 Å². The van der Waals surface area contributed by atoms with Crippen LogP contribution in [-0.4, -0.2) is 52.2 Å². The number of nitrogens with one attached hydrogen (secondary N) is 2. The summed E-state index contributed by atoms with van der Waals surface area (Å²) in [4.78, 5) is 6.41. The molecule has 1 aromatic carbocycles. The van der Waals surface area contributed by atoms with Gasteiger partial charge in [-0.3, -0.25) is 4.99 Å². The van der Waals surface area contributed by atoms with Gasteiger partial charge < -0.3 is 20.3 Å². The van der Waals surface area contributed by atoms with Crippen LogP contribution >= 0.6 is 24.0 Å². The SMILES string of the molecule is CN=C(NCCCN(C)C)NCc1ccc(C)cc1OC.I. The molecule has 22 heavy (non-hydrogen) atoms. The fourth-order valence-corrected chi connectivity index (χ4v) is 2.00. The maximum atomic E-state index is 5.41. The average Bonchev–Trinajstić information content (AvgIpc) is 2.47. The van der Waals surface area contributed by atoms with E-state index in [1.54, 1.807) is 14.2 Å². The van der Waals surface area contributed by atoms with E-state index in [-0.39, 0.29) is 24.0 Å². The molecule has 0 unspecified atom stereocenters. The number of methoxy groups -OCH3 is 1. The van der Waals surface area contributed by atoms with E-state index in [9.17, 15) is 0 Å². The molecule has 0 bridgehead atoms. The second kappa shape index (κ2) is 11.5. The van der Waals surface area contributed by atoms with Gasteiger partial charge in [0.2, 0.25) is 0 Å². The van der Waals surface area contributed by atoms with Crippen LogP contribution in [0, 0.1) is 6.92 Å². The molecule has 5 nitrogen and oxygen atoms in total. The second-order valence-corrected chi connectivity index (χ2v) is 5.32. The Kier molecular flexibility index (Phi) is 11.0. The van der Waals surface area contributed by atoms with E-state index in [1.807, 2.05) is 6.07 Å². The van der Waals surface area contributed by atoms with Crippen molar-refractivity contribution < 1.29 is 4.74 Å². The van der Waals surface area contributed by atoms with Crippen molar-refractivity contribution in [2.24, 2.45) is 4.99 Å². The van der Waals surface area contributed by atoms with Crippen molar-refractivity contribution in [3.63, 3.8) is 0 Å². The summed E-state index contributed by atoms with van der Waals surface area (Å²) in [6.45, 7) is 4.72. The quantitative estimate of drug-likeness (QED) is 0.308. The highest BCUT2D eigenvalue weighted by atomic mass is 127. The Labute approximate surface area is 151 Å². The van der Waals surface area contributed by atoms with Crippen molar-refractivity contribution in [3.8, 4) is 5.75 Å². The van der Waals surface area contributed by atoms with Crippen molar-refractivity contribution in [3.05, 3.63) is 29.3 Å². The topological polar surface area (TPSA) is 48.9 Å². The number of aryl methyl sites for hydroxylation is 1. The maximum Gasteiger partial charge on any atom is 0.191 e. The number of nitrogens with zero attached hydrogens (tertiary/aromatic N) is 2. The molecule has 6 heteroatoms. The molecule has 0 atom stereocenters. The molecule has 0 amide bonds. The molecular weight excluding hydrogens is 391 g/mol. The zero-order chi connectivity index (χ0) is 15.7. The third-order valence-electron chi connectivity index (χ3n) is 3.19. The lowest BCUT2D eigenvalue weighted by Gasteiger charge is -2.15. The minimum Gasteiger partial charge on any atom is -0.496 e. The fourth-order valence-electron chi connectivity index (χ4n) is 2.00. The second-order valence-electron chi connectivity index (χ2n) is 5.32. The number of rotatable bonds is 7. The molecule has 0 spiro atoms. The van der Waals surface area contributed by atoms with Crippen molar-refractivity contribution in [1.82, 2.24) is 15.5 Å². The summed E-state index contributed by atoms with van der Waals surface area (Å²) >= 11 is 0. The van der Waals surface area contributed by atoms with Crippen molar-refractivity contribution >= 4 is 29.9 Å². The summed E-state index contributed by atoms with van der Waals surface area (Å²) in [7, 11) is 7.65. The standard InChI is InChI=1S/C16H28N4O.HI/c1-13-7-8-14(15(11-13)21-5)12-19-16(17-2)18-9-6-10-20(3)4;/h7-8,11H,6,9-10,12H2,1-5H3,(H2,17,18,19);1H. The Morgan fingerprint density at radius 2 is 2.00 bits per heavy atom. The molecule has 1 rings (SSSR count). The molecule has 0 fully saturated rings. The molecule has 1 aromatic rings. The van der Waals surface area contributed by atoms with Crippen LogP contribution in [0.2, 0.25) is 0 Å². The van der Waals surface area contributed by atoms with E-state index in [2.05, 4.69) is 53.7 Å². The summed E-state index contributed by atoms with van der Waals surface area (Å²) in [6.07, 6.45) is 1.08. The van der Waals surface area contributed by atoms with Gasteiger partial charge in [0.05, 0.1) is 7.11 Å². The zero-order valence-corrected chi connectivity index (χ0v) is 16.6. The lowest BCUT2D eigenvalue weighted by atomic mass is 10.1. The van der Waals surface area contributed by atoms with E-state index >= 15 is 0 Å². The van der Waals surface area contributed by atoms with Crippen molar-refractivity contribution in [2.75, 3.05) is 41.3 Å². The van der Waals surface area contributed by atoms with E-state index in [0.717, 1.165) is 36.8 Å². The predicted molar refractivity (Wildman–Crippen MR) is 105 cm³/mol. The molecular formula is C16H29IN4O. The van der Waals surface area contributed by atoms with Gasteiger partial charge in [0.25, 0.3) is 0 Å².